The van der Waals surface area contributed by atoms with Gasteiger partial charge in [0.2, 0.25) is 5.91 Å². The molecule has 1 aromatic carbocycles. The highest BCUT2D eigenvalue weighted by Gasteiger charge is 2.29. The maximum absolute atomic E-state index is 12.1. The molecule has 1 fully saturated rings. The zero-order chi connectivity index (χ0) is 16.1. The van der Waals surface area contributed by atoms with Crippen molar-refractivity contribution in [1.29, 1.82) is 0 Å². The van der Waals surface area contributed by atoms with Crippen molar-refractivity contribution in [2.45, 2.75) is 26.5 Å². The number of nitrogens with zero attached hydrogens (tertiary/aromatic N) is 1. The number of carbonyl (C=O) groups is 2. The Labute approximate surface area is 131 Å². The highest BCUT2D eigenvalue weighted by Crippen LogP contribution is 2.24. The molecule has 1 atom stereocenters. The first kappa shape index (κ1) is 16.7. The minimum Gasteiger partial charge on any atom is -0.435 e. The molecular formula is C15H17F2NO3S. The molecule has 1 aliphatic heterocycles. The number of hydrogen-bond donors (Lipinski definition) is 0. The smallest absolute Gasteiger partial charge is 0.387 e. The Kier molecular flexibility index (Phi) is 5.76. The van der Waals surface area contributed by atoms with E-state index in [0.29, 0.717) is 25.3 Å². The fourth-order valence-corrected chi connectivity index (χ4v) is 3.04. The van der Waals surface area contributed by atoms with Gasteiger partial charge in [0, 0.05) is 32.2 Å². The normalized spacial score (nSPS) is 18.1. The van der Waals surface area contributed by atoms with E-state index in [-0.39, 0.29) is 22.7 Å². The van der Waals surface area contributed by atoms with Crippen LogP contribution in [-0.4, -0.2) is 34.8 Å². The van der Waals surface area contributed by atoms with E-state index in [4.69, 9.17) is 0 Å². The summed E-state index contributed by atoms with van der Waals surface area (Å²) in [6.07, 6.45) is 0.451. The first-order valence-corrected chi connectivity index (χ1v) is 7.87. The third-order valence-corrected chi connectivity index (χ3v) is 4.38. The van der Waals surface area contributed by atoms with Crippen LogP contribution in [0.4, 0.5) is 8.78 Å². The van der Waals surface area contributed by atoms with Crippen LogP contribution < -0.4 is 4.74 Å². The number of hydrogen-bond acceptors (Lipinski definition) is 4. The Morgan fingerprint density at radius 3 is 2.68 bits per heavy atom. The molecule has 0 saturated carbocycles. The number of thioether (sulfide) groups is 1. The predicted molar refractivity (Wildman–Crippen MR) is 79.7 cm³/mol. The molecule has 120 valence electrons. The lowest BCUT2D eigenvalue weighted by atomic mass is 10.1. The molecule has 1 aliphatic rings. The summed E-state index contributed by atoms with van der Waals surface area (Å²) in [5.41, 5.74) is 0.856. The molecule has 0 spiro atoms. The Hall–Kier alpha value is -1.63. The molecule has 22 heavy (non-hydrogen) atoms. The van der Waals surface area contributed by atoms with Crippen molar-refractivity contribution >= 4 is 22.8 Å². The average Bonchev–Trinajstić information content (AvgIpc) is 2.79. The molecule has 0 aliphatic carbocycles. The molecule has 0 aromatic heterocycles. The van der Waals surface area contributed by atoms with Crippen LogP contribution >= 0.6 is 11.8 Å². The van der Waals surface area contributed by atoms with Gasteiger partial charge >= 0.3 is 6.61 Å². The van der Waals surface area contributed by atoms with Crippen LogP contribution in [0.5, 0.6) is 5.75 Å². The fourth-order valence-electron chi connectivity index (χ4n) is 2.35. The number of carbonyl (C=O) groups excluding carboxylic acids is 2. The van der Waals surface area contributed by atoms with E-state index in [0.717, 1.165) is 5.56 Å². The van der Waals surface area contributed by atoms with Crippen LogP contribution in [0.2, 0.25) is 0 Å². The van der Waals surface area contributed by atoms with Crippen LogP contribution in [-0.2, 0) is 16.1 Å². The molecule has 1 amide bonds. The lowest BCUT2D eigenvalue weighted by Gasteiger charge is -2.17. The van der Waals surface area contributed by atoms with Gasteiger partial charge in [0.25, 0.3) is 0 Å². The molecule has 0 radical (unpaired) electrons. The van der Waals surface area contributed by atoms with Crippen molar-refractivity contribution < 1.29 is 23.1 Å². The molecule has 1 unspecified atom stereocenters. The summed E-state index contributed by atoms with van der Waals surface area (Å²) in [5.74, 6) is 0.991. The minimum atomic E-state index is -2.84. The molecule has 1 saturated heterocycles. The molecule has 7 heteroatoms. The molecular weight excluding hydrogens is 312 g/mol. The zero-order valence-electron chi connectivity index (χ0n) is 12.1. The molecule has 4 nitrogen and oxygen atoms in total. The molecule has 1 aromatic rings. The largest absolute Gasteiger partial charge is 0.435 e. The first-order chi connectivity index (χ1) is 10.4. The third kappa shape index (κ3) is 4.98. The number of ether oxygens (including phenoxy) is 1. The van der Waals surface area contributed by atoms with Gasteiger partial charge in [-0.15, -0.1) is 0 Å². The average molecular weight is 329 g/mol. The van der Waals surface area contributed by atoms with Crippen molar-refractivity contribution in [3.8, 4) is 5.75 Å². The fraction of sp³-hybridized carbons (Fsp3) is 0.467. The zero-order valence-corrected chi connectivity index (χ0v) is 12.9. The number of rotatable bonds is 6. The number of likely N-dealkylation sites (tertiary alicyclic amines) is 1. The summed E-state index contributed by atoms with van der Waals surface area (Å²) in [6.45, 7) is -0.267. The number of amides is 1. The summed E-state index contributed by atoms with van der Waals surface area (Å²) in [5, 5.41) is 0.0560. The van der Waals surface area contributed by atoms with Crippen LogP contribution in [0, 0.1) is 5.92 Å². The predicted octanol–water partition coefficient (Wildman–Crippen LogP) is 2.92. The lowest BCUT2D eigenvalue weighted by molar-refractivity contribution is -0.128. The van der Waals surface area contributed by atoms with E-state index in [1.54, 1.807) is 17.0 Å². The van der Waals surface area contributed by atoms with E-state index >= 15 is 0 Å². The molecule has 1 heterocycles. The van der Waals surface area contributed by atoms with Crippen molar-refractivity contribution in [2.75, 3.05) is 12.3 Å². The van der Waals surface area contributed by atoms with Crippen molar-refractivity contribution in [1.82, 2.24) is 4.90 Å². The van der Waals surface area contributed by atoms with Crippen LogP contribution in [0.1, 0.15) is 18.9 Å². The van der Waals surface area contributed by atoms with Crippen molar-refractivity contribution in [3.63, 3.8) is 0 Å². The minimum absolute atomic E-state index is 0.0560. The summed E-state index contributed by atoms with van der Waals surface area (Å²) < 4.78 is 28.4. The van der Waals surface area contributed by atoms with E-state index in [1.165, 1.54) is 30.8 Å². The van der Waals surface area contributed by atoms with E-state index in [9.17, 15) is 18.4 Å². The standard InChI is InChI=1S/C15H17F2NO3S/c1-10(19)22-9-12-6-14(20)18(8-12)7-11-2-4-13(5-3-11)21-15(16)17/h2-5,12,15H,6-9H2,1H3. The van der Waals surface area contributed by atoms with Crippen LogP contribution in [0.15, 0.2) is 24.3 Å². The van der Waals surface area contributed by atoms with Gasteiger partial charge in [-0.3, -0.25) is 9.59 Å². The molecule has 2 rings (SSSR count). The first-order valence-electron chi connectivity index (χ1n) is 6.89. The summed E-state index contributed by atoms with van der Waals surface area (Å²) in [4.78, 5) is 24.6. The van der Waals surface area contributed by atoms with E-state index in [1.807, 2.05) is 0 Å². The maximum Gasteiger partial charge on any atom is 0.387 e. The number of alkyl halides is 2. The quantitative estimate of drug-likeness (QED) is 0.805. The second kappa shape index (κ2) is 7.58. The molecule has 0 bridgehead atoms. The number of halogens is 2. The van der Waals surface area contributed by atoms with E-state index in [2.05, 4.69) is 4.74 Å². The highest BCUT2D eigenvalue weighted by atomic mass is 32.2. The third-order valence-electron chi connectivity index (χ3n) is 3.34. The highest BCUT2D eigenvalue weighted by molar-refractivity contribution is 8.13. The van der Waals surface area contributed by atoms with Crippen LogP contribution in [0.3, 0.4) is 0 Å². The van der Waals surface area contributed by atoms with Gasteiger partial charge in [-0.2, -0.15) is 8.78 Å². The lowest BCUT2D eigenvalue weighted by Crippen LogP contribution is -2.24. The monoisotopic (exact) mass is 329 g/mol. The summed E-state index contributed by atoms with van der Waals surface area (Å²) in [7, 11) is 0. The van der Waals surface area contributed by atoms with E-state index < -0.39 is 6.61 Å². The van der Waals surface area contributed by atoms with Gasteiger partial charge < -0.3 is 9.64 Å². The van der Waals surface area contributed by atoms with Gasteiger partial charge in [-0.1, -0.05) is 23.9 Å². The van der Waals surface area contributed by atoms with Gasteiger partial charge in [0.05, 0.1) is 0 Å². The van der Waals surface area contributed by atoms with Crippen molar-refractivity contribution in [3.05, 3.63) is 29.8 Å². The second-order valence-electron chi connectivity index (χ2n) is 5.17. The Bertz CT molecular complexity index is 536. The van der Waals surface area contributed by atoms with Gasteiger partial charge in [0.15, 0.2) is 5.12 Å². The van der Waals surface area contributed by atoms with Gasteiger partial charge in [-0.05, 0) is 23.6 Å². The summed E-state index contributed by atoms with van der Waals surface area (Å²) in [6, 6.07) is 6.27. The molecule has 0 N–H and O–H groups in total. The van der Waals surface area contributed by atoms with Crippen LogP contribution in [0.25, 0.3) is 0 Å². The Morgan fingerprint density at radius 1 is 1.41 bits per heavy atom. The number of benzene rings is 1. The SMILES string of the molecule is CC(=O)SCC1CC(=O)N(Cc2ccc(OC(F)F)cc2)C1. The second-order valence-corrected chi connectivity index (χ2v) is 6.37. The topological polar surface area (TPSA) is 46.6 Å². The van der Waals surface area contributed by atoms with Gasteiger partial charge in [-0.25, -0.2) is 0 Å². The van der Waals surface area contributed by atoms with Gasteiger partial charge in [0.1, 0.15) is 5.75 Å². The Balaban J connectivity index is 1.87. The van der Waals surface area contributed by atoms with Crippen molar-refractivity contribution in [2.24, 2.45) is 5.92 Å². The maximum atomic E-state index is 12.1. The summed E-state index contributed by atoms with van der Waals surface area (Å²) >= 11 is 1.24. The Morgan fingerprint density at radius 2 is 2.09 bits per heavy atom.